The molecule has 0 amide bonds. The maximum Gasteiger partial charge on any atom is 0.191 e. The number of aryl methyl sites for hydroxylation is 2. The number of ether oxygens (including phenoxy) is 1. The van der Waals surface area contributed by atoms with Crippen LogP contribution in [0.4, 0.5) is 0 Å². The summed E-state index contributed by atoms with van der Waals surface area (Å²) in [6, 6.07) is 0. The van der Waals surface area contributed by atoms with Crippen molar-refractivity contribution in [1.29, 1.82) is 0 Å². The second kappa shape index (κ2) is 12.9. The van der Waals surface area contributed by atoms with Gasteiger partial charge in [-0.15, -0.1) is 35.3 Å². The molecular weight excluding hydrogens is 473 g/mol. The van der Waals surface area contributed by atoms with Crippen LogP contribution in [0.1, 0.15) is 44.3 Å². The van der Waals surface area contributed by atoms with E-state index in [4.69, 9.17) is 9.73 Å². The van der Waals surface area contributed by atoms with Gasteiger partial charge in [0.25, 0.3) is 0 Å². The Bertz CT molecular complexity index is 558. The average molecular weight is 510 g/mol. The van der Waals surface area contributed by atoms with Crippen LogP contribution < -0.4 is 10.6 Å². The number of guanidine groups is 1. The summed E-state index contributed by atoms with van der Waals surface area (Å²) < 4.78 is 5.46. The van der Waals surface area contributed by atoms with Crippen LogP contribution in [0.25, 0.3) is 0 Å². The van der Waals surface area contributed by atoms with Crippen molar-refractivity contribution in [2.45, 2.75) is 52.5 Å². The molecule has 1 fully saturated rings. The number of hydrogen-bond acceptors (Lipinski definition) is 5. The van der Waals surface area contributed by atoms with Crippen LogP contribution in [0.3, 0.4) is 0 Å². The molecule has 2 rings (SSSR count). The largest absolute Gasteiger partial charge is 0.379 e. The van der Waals surface area contributed by atoms with E-state index in [2.05, 4.69) is 53.6 Å². The molecule has 1 saturated heterocycles. The number of unbranched alkanes of at least 4 members (excludes halogenated alkanes) is 1. The molecular formula is C19H36IN5OS. The van der Waals surface area contributed by atoms with Crippen LogP contribution in [0.15, 0.2) is 10.4 Å². The fraction of sp³-hybridized carbons (Fsp3) is 0.789. The van der Waals surface area contributed by atoms with E-state index in [9.17, 15) is 0 Å². The number of nitrogens with one attached hydrogen (secondary N) is 2. The zero-order valence-electron chi connectivity index (χ0n) is 17.2. The molecule has 156 valence electrons. The fourth-order valence-corrected chi connectivity index (χ4v) is 3.83. The second-order valence-corrected chi connectivity index (χ2v) is 8.32. The quantitative estimate of drug-likeness (QED) is 0.232. The van der Waals surface area contributed by atoms with Crippen LogP contribution in [0, 0.1) is 6.92 Å². The Kier molecular flexibility index (Phi) is 11.7. The van der Waals surface area contributed by atoms with E-state index in [0.29, 0.717) is 0 Å². The highest BCUT2D eigenvalue weighted by atomic mass is 127. The number of rotatable bonds is 9. The van der Waals surface area contributed by atoms with Gasteiger partial charge in [-0.2, -0.15) is 0 Å². The standard InChI is InChI=1S/C19H35N5OS.HI/c1-5-20-18(21-9-7-6-8-17-23-16(2)14-26-17)22-15-19(3,4)24-10-12-25-13-11-24;/h14H,5-13,15H2,1-4H3,(H2,20,21,22);1H. The van der Waals surface area contributed by atoms with Gasteiger partial charge in [-0.25, -0.2) is 4.98 Å². The predicted molar refractivity (Wildman–Crippen MR) is 126 cm³/mol. The van der Waals surface area contributed by atoms with Crippen molar-refractivity contribution < 1.29 is 4.74 Å². The minimum atomic E-state index is 0. The lowest BCUT2D eigenvalue weighted by molar-refractivity contribution is -0.00683. The topological polar surface area (TPSA) is 61.8 Å². The van der Waals surface area contributed by atoms with Crippen LogP contribution in [-0.2, 0) is 11.2 Å². The molecule has 0 aliphatic carbocycles. The number of nitrogens with zero attached hydrogens (tertiary/aromatic N) is 3. The van der Waals surface area contributed by atoms with Gasteiger partial charge in [0.15, 0.2) is 5.96 Å². The van der Waals surface area contributed by atoms with Crippen LogP contribution >= 0.6 is 35.3 Å². The van der Waals surface area contributed by atoms with Gasteiger partial charge in [0, 0.05) is 42.8 Å². The monoisotopic (exact) mass is 509 g/mol. The van der Waals surface area contributed by atoms with Crippen molar-refractivity contribution in [2.24, 2.45) is 4.99 Å². The first-order chi connectivity index (χ1) is 12.5. The summed E-state index contributed by atoms with van der Waals surface area (Å²) in [7, 11) is 0. The number of morpholine rings is 1. The van der Waals surface area contributed by atoms with Crippen molar-refractivity contribution in [3.63, 3.8) is 0 Å². The molecule has 0 unspecified atom stereocenters. The van der Waals surface area contributed by atoms with Crippen LogP contribution in [0.2, 0.25) is 0 Å². The molecule has 6 nitrogen and oxygen atoms in total. The lowest BCUT2D eigenvalue weighted by atomic mass is 10.0. The molecule has 2 heterocycles. The van der Waals surface area contributed by atoms with E-state index in [1.165, 1.54) is 5.01 Å². The van der Waals surface area contributed by atoms with Crippen molar-refractivity contribution >= 4 is 41.3 Å². The molecule has 2 N–H and O–H groups in total. The Morgan fingerprint density at radius 3 is 2.67 bits per heavy atom. The summed E-state index contributed by atoms with van der Waals surface area (Å²) in [6.07, 6.45) is 3.34. The van der Waals surface area contributed by atoms with Crippen molar-refractivity contribution in [3.8, 4) is 0 Å². The molecule has 1 aliphatic heterocycles. The van der Waals surface area contributed by atoms with Gasteiger partial charge < -0.3 is 15.4 Å². The molecule has 0 atom stereocenters. The maximum atomic E-state index is 5.46. The normalized spacial score (nSPS) is 16.1. The predicted octanol–water partition coefficient (Wildman–Crippen LogP) is 3.06. The summed E-state index contributed by atoms with van der Waals surface area (Å²) in [5, 5.41) is 10.2. The molecule has 0 saturated carbocycles. The minimum absolute atomic E-state index is 0. The summed E-state index contributed by atoms with van der Waals surface area (Å²) in [5.41, 5.74) is 1.18. The number of aliphatic imine (C=N–C) groups is 1. The molecule has 0 aromatic carbocycles. The lowest BCUT2D eigenvalue weighted by Gasteiger charge is -2.39. The zero-order chi connectivity index (χ0) is 18.8. The Morgan fingerprint density at radius 1 is 1.30 bits per heavy atom. The summed E-state index contributed by atoms with van der Waals surface area (Å²) in [5.74, 6) is 0.916. The van der Waals surface area contributed by atoms with Gasteiger partial charge in [0.1, 0.15) is 0 Å². The van der Waals surface area contributed by atoms with Gasteiger partial charge in [0.05, 0.1) is 24.8 Å². The van der Waals surface area contributed by atoms with Gasteiger partial charge in [0.2, 0.25) is 0 Å². The molecule has 8 heteroatoms. The van der Waals surface area contributed by atoms with Crippen molar-refractivity contribution in [2.75, 3.05) is 45.9 Å². The Morgan fingerprint density at radius 2 is 2.04 bits per heavy atom. The summed E-state index contributed by atoms with van der Waals surface area (Å²) in [4.78, 5) is 11.8. The summed E-state index contributed by atoms with van der Waals surface area (Å²) >= 11 is 1.77. The highest BCUT2D eigenvalue weighted by Gasteiger charge is 2.28. The first-order valence-corrected chi connectivity index (χ1v) is 10.6. The molecule has 1 aliphatic rings. The number of thiazole rings is 1. The SMILES string of the molecule is CCNC(=NCC(C)(C)N1CCOCC1)NCCCCc1nc(C)cs1.I. The number of halogens is 1. The molecule has 0 spiro atoms. The van der Waals surface area contributed by atoms with E-state index >= 15 is 0 Å². The first kappa shape index (κ1) is 24.6. The van der Waals surface area contributed by atoms with E-state index in [-0.39, 0.29) is 29.5 Å². The molecule has 1 aromatic heterocycles. The van der Waals surface area contributed by atoms with E-state index < -0.39 is 0 Å². The van der Waals surface area contributed by atoms with Gasteiger partial charge >= 0.3 is 0 Å². The number of hydrogen-bond donors (Lipinski definition) is 2. The first-order valence-electron chi connectivity index (χ1n) is 9.77. The van der Waals surface area contributed by atoms with E-state index in [1.807, 2.05) is 0 Å². The van der Waals surface area contributed by atoms with Gasteiger partial charge in [-0.3, -0.25) is 9.89 Å². The summed E-state index contributed by atoms with van der Waals surface area (Å²) in [6.45, 7) is 14.9. The smallest absolute Gasteiger partial charge is 0.191 e. The molecule has 27 heavy (non-hydrogen) atoms. The van der Waals surface area contributed by atoms with Crippen LogP contribution in [-0.4, -0.2) is 67.3 Å². The third-order valence-electron chi connectivity index (χ3n) is 4.61. The second-order valence-electron chi connectivity index (χ2n) is 7.37. The van der Waals surface area contributed by atoms with Crippen molar-refractivity contribution in [1.82, 2.24) is 20.5 Å². The maximum absolute atomic E-state index is 5.46. The average Bonchev–Trinajstić information content (AvgIpc) is 3.05. The Labute approximate surface area is 185 Å². The fourth-order valence-electron chi connectivity index (χ4n) is 3.01. The molecule has 0 radical (unpaired) electrons. The highest BCUT2D eigenvalue weighted by Crippen LogP contribution is 2.16. The molecule has 1 aromatic rings. The Balaban J connectivity index is 0.00000364. The third-order valence-corrected chi connectivity index (χ3v) is 5.64. The van der Waals surface area contributed by atoms with Gasteiger partial charge in [-0.05, 0) is 47.0 Å². The lowest BCUT2D eigenvalue weighted by Crippen LogP contribution is -2.52. The minimum Gasteiger partial charge on any atom is -0.379 e. The van der Waals surface area contributed by atoms with Crippen LogP contribution in [0.5, 0.6) is 0 Å². The Hall–Kier alpha value is -0.450. The number of aromatic nitrogens is 1. The molecule has 0 bridgehead atoms. The van der Waals surface area contributed by atoms with E-state index in [1.54, 1.807) is 11.3 Å². The zero-order valence-corrected chi connectivity index (χ0v) is 20.4. The van der Waals surface area contributed by atoms with Gasteiger partial charge in [-0.1, -0.05) is 0 Å². The third kappa shape index (κ3) is 9.06. The van der Waals surface area contributed by atoms with Crippen molar-refractivity contribution in [3.05, 3.63) is 16.1 Å². The highest BCUT2D eigenvalue weighted by molar-refractivity contribution is 14.0. The van der Waals surface area contributed by atoms with E-state index in [0.717, 1.165) is 76.9 Å².